The van der Waals surface area contributed by atoms with Gasteiger partial charge in [0.05, 0.1) is 18.9 Å². The van der Waals surface area contributed by atoms with E-state index in [1.165, 1.54) is 38.5 Å². The van der Waals surface area contributed by atoms with Crippen molar-refractivity contribution in [1.82, 2.24) is 0 Å². The minimum absolute atomic E-state index is 0. The van der Waals surface area contributed by atoms with E-state index in [0.717, 1.165) is 23.3 Å². The van der Waals surface area contributed by atoms with Crippen LogP contribution in [0.2, 0.25) is 0 Å². The molecule has 45 heavy (non-hydrogen) atoms. The molecule has 0 aliphatic heterocycles. The van der Waals surface area contributed by atoms with Crippen LogP contribution >= 0.6 is 12.4 Å². The van der Waals surface area contributed by atoms with Crippen molar-refractivity contribution in [2.24, 2.45) is 34.0 Å². The number of carbonyl (C=O) groups is 3. The van der Waals surface area contributed by atoms with Crippen LogP contribution in [0.4, 0.5) is 0 Å². The van der Waals surface area contributed by atoms with Crippen LogP contribution in [-0.4, -0.2) is 66.6 Å². The maximum absolute atomic E-state index is 11.5. The molecule has 0 spiro atoms. The lowest BCUT2D eigenvalue weighted by Crippen LogP contribution is -2.45. The molecule has 2 aliphatic carbocycles. The van der Waals surface area contributed by atoms with E-state index in [-0.39, 0.29) is 30.9 Å². The first-order valence-corrected chi connectivity index (χ1v) is 15.6. The molecule has 0 saturated heterocycles. The normalized spacial score (nSPS) is 15.8. The van der Waals surface area contributed by atoms with Crippen LogP contribution in [0.1, 0.15) is 76.3 Å². The third kappa shape index (κ3) is 15.0. The highest BCUT2D eigenvalue weighted by atomic mass is 35.5. The lowest BCUT2D eigenvalue weighted by molar-refractivity contribution is -0.145. The Morgan fingerprint density at radius 2 is 1.29 bits per heavy atom. The number of primary amides is 1. The Morgan fingerprint density at radius 3 is 1.69 bits per heavy atom. The summed E-state index contributed by atoms with van der Waals surface area (Å²) < 4.78 is 9.73. The first-order valence-electron chi connectivity index (χ1n) is 15.6. The summed E-state index contributed by atoms with van der Waals surface area (Å²) in [6.45, 7) is 4.43. The van der Waals surface area contributed by atoms with Gasteiger partial charge in [0.25, 0.3) is 0 Å². The molecular weight excluding hydrogens is 596 g/mol. The molecule has 0 radical (unpaired) electrons. The molecule has 3 atom stereocenters. The van der Waals surface area contributed by atoms with E-state index in [0.29, 0.717) is 31.5 Å². The van der Waals surface area contributed by atoms with Crippen LogP contribution < -0.4 is 17.2 Å². The minimum Gasteiger partial charge on any atom is -0.465 e. The number of amides is 1. The fourth-order valence-electron chi connectivity index (χ4n) is 4.78. The van der Waals surface area contributed by atoms with E-state index in [4.69, 9.17) is 31.8 Å². The highest BCUT2D eigenvalue weighted by Crippen LogP contribution is 2.31. The standard InChI is InChI=1S/C17H17NO2.C9H17NO2.C8H16N2O2.ClH/c1-2-20-16(19)13-18-17(14-9-5-3-6-10-14)15-11-7-4-8-12-15;1-2-12-9(11)8(10)6-7-4-3-5-7;9-6(7(11)8(10)12)4-5-2-1-3-5;/h3-12H,2,13H2,1H3;7-8H,2-6,10H2,1H3;5-7,11H,1-4,9H2,(H2,10,12);1H. The van der Waals surface area contributed by atoms with E-state index >= 15 is 0 Å². The van der Waals surface area contributed by atoms with Crippen LogP contribution in [-0.2, 0) is 23.9 Å². The Labute approximate surface area is 273 Å². The molecule has 0 bridgehead atoms. The molecule has 250 valence electrons. The number of aliphatic hydroxyl groups is 1. The first kappa shape index (κ1) is 39.7. The zero-order valence-electron chi connectivity index (χ0n) is 26.5. The minimum atomic E-state index is -1.18. The van der Waals surface area contributed by atoms with Gasteiger partial charge in [-0.05, 0) is 38.5 Å². The number of nitrogens with two attached hydrogens (primary N) is 3. The number of hydrogen-bond acceptors (Lipinski definition) is 9. The Morgan fingerprint density at radius 1 is 0.822 bits per heavy atom. The van der Waals surface area contributed by atoms with E-state index < -0.39 is 24.1 Å². The first-order chi connectivity index (χ1) is 21.2. The molecule has 2 saturated carbocycles. The fourth-order valence-corrected chi connectivity index (χ4v) is 4.78. The molecule has 7 N–H and O–H groups in total. The smallest absolute Gasteiger partial charge is 0.327 e. The van der Waals surface area contributed by atoms with Gasteiger partial charge >= 0.3 is 11.9 Å². The number of ether oxygens (including phenoxy) is 2. The summed E-state index contributed by atoms with van der Waals surface area (Å²) in [5.74, 6) is -0.0125. The lowest BCUT2D eigenvalue weighted by atomic mass is 9.80. The van der Waals surface area contributed by atoms with Crippen molar-refractivity contribution in [2.45, 2.75) is 83.4 Å². The molecule has 1 amide bonds. The van der Waals surface area contributed by atoms with Crippen molar-refractivity contribution in [1.29, 1.82) is 0 Å². The number of aliphatic imine (C=N–C) groups is 1. The molecule has 2 aliphatic rings. The largest absolute Gasteiger partial charge is 0.465 e. The summed E-state index contributed by atoms with van der Waals surface area (Å²) in [6, 6.07) is 18.8. The van der Waals surface area contributed by atoms with Gasteiger partial charge < -0.3 is 31.8 Å². The SMILES string of the molecule is CCOC(=O)C(N)CC1CCC1.CCOC(=O)CN=C(c1ccccc1)c1ccccc1.Cl.NC(=O)C(O)C(N)CC1CCC1. The zero-order chi connectivity index (χ0) is 32.3. The predicted molar refractivity (Wildman–Crippen MR) is 179 cm³/mol. The van der Waals surface area contributed by atoms with Gasteiger partial charge in [-0.2, -0.15) is 0 Å². The maximum atomic E-state index is 11.5. The Balaban J connectivity index is 0.000000353. The second-order valence-electron chi connectivity index (χ2n) is 11.1. The van der Waals surface area contributed by atoms with Crippen molar-refractivity contribution in [3.05, 3.63) is 71.8 Å². The number of rotatable bonds is 13. The summed E-state index contributed by atoms with van der Waals surface area (Å²) in [6.07, 6.45) is 7.66. The van der Waals surface area contributed by atoms with Gasteiger partial charge in [0, 0.05) is 17.2 Å². The molecule has 3 unspecified atom stereocenters. The second kappa shape index (κ2) is 22.2. The van der Waals surface area contributed by atoms with Gasteiger partial charge in [-0.1, -0.05) is 99.2 Å². The zero-order valence-corrected chi connectivity index (χ0v) is 27.3. The molecule has 11 heteroatoms. The highest BCUT2D eigenvalue weighted by Gasteiger charge is 2.27. The Bertz CT molecular complexity index is 1120. The molecule has 0 aromatic heterocycles. The summed E-state index contributed by atoms with van der Waals surface area (Å²) in [7, 11) is 0. The third-order valence-electron chi connectivity index (χ3n) is 7.69. The molecule has 4 rings (SSSR count). The van der Waals surface area contributed by atoms with E-state index in [1.807, 2.05) is 60.7 Å². The molecule has 10 nitrogen and oxygen atoms in total. The number of benzene rings is 2. The van der Waals surface area contributed by atoms with Crippen LogP contribution in [0.5, 0.6) is 0 Å². The summed E-state index contributed by atoms with van der Waals surface area (Å²) >= 11 is 0. The van der Waals surface area contributed by atoms with Gasteiger partial charge in [0.2, 0.25) is 5.91 Å². The lowest BCUT2D eigenvalue weighted by Gasteiger charge is -2.29. The summed E-state index contributed by atoms with van der Waals surface area (Å²) in [4.78, 5) is 37.5. The molecular formula is C34H51ClN4O6. The van der Waals surface area contributed by atoms with E-state index in [2.05, 4.69) is 4.99 Å². The topological polar surface area (TPSA) is 180 Å². The van der Waals surface area contributed by atoms with Crippen LogP contribution in [0.3, 0.4) is 0 Å². The Kier molecular flexibility index (Phi) is 19.6. The van der Waals surface area contributed by atoms with Crippen molar-refractivity contribution >= 4 is 36.0 Å². The molecule has 2 aromatic carbocycles. The van der Waals surface area contributed by atoms with E-state index in [9.17, 15) is 14.4 Å². The highest BCUT2D eigenvalue weighted by molar-refractivity contribution is 6.13. The Hall–Kier alpha value is -3.31. The van der Waals surface area contributed by atoms with Gasteiger partial charge in [-0.15, -0.1) is 12.4 Å². The average molecular weight is 647 g/mol. The third-order valence-corrected chi connectivity index (χ3v) is 7.69. The second-order valence-corrected chi connectivity index (χ2v) is 11.1. The quantitative estimate of drug-likeness (QED) is 0.187. The summed E-state index contributed by atoms with van der Waals surface area (Å²) in [5.41, 5.74) is 18.9. The number of carbonyl (C=O) groups excluding carboxylic acids is 3. The van der Waals surface area contributed by atoms with E-state index in [1.54, 1.807) is 13.8 Å². The van der Waals surface area contributed by atoms with Crippen LogP contribution in [0, 0.1) is 11.8 Å². The van der Waals surface area contributed by atoms with Gasteiger partial charge in [0.1, 0.15) is 18.7 Å². The van der Waals surface area contributed by atoms with Crippen molar-refractivity contribution < 1.29 is 29.0 Å². The molecule has 2 fully saturated rings. The number of esters is 2. The van der Waals surface area contributed by atoms with Crippen LogP contribution in [0.15, 0.2) is 65.7 Å². The van der Waals surface area contributed by atoms with Crippen molar-refractivity contribution in [3.8, 4) is 0 Å². The summed E-state index contributed by atoms with van der Waals surface area (Å²) in [5, 5.41) is 9.16. The number of nitrogens with zero attached hydrogens (tertiary/aromatic N) is 1. The van der Waals surface area contributed by atoms with Gasteiger partial charge in [-0.25, -0.2) is 0 Å². The van der Waals surface area contributed by atoms with Crippen molar-refractivity contribution in [3.63, 3.8) is 0 Å². The van der Waals surface area contributed by atoms with Crippen LogP contribution in [0.25, 0.3) is 0 Å². The monoisotopic (exact) mass is 646 g/mol. The molecule has 0 heterocycles. The maximum Gasteiger partial charge on any atom is 0.327 e. The number of halogens is 1. The average Bonchev–Trinajstić information content (AvgIpc) is 2.98. The van der Waals surface area contributed by atoms with Gasteiger partial charge in [0.15, 0.2) is 0 Å². The van der Waals surface area contributed by atoms with Crippen molar-refractivity contribution in [2.75, 3.05) is 19.8 Å². The predicted octanol–water partition coefficient (Wildman–Crippen LogP) is 3.93. The van der Waals surface area contributed by atoms with Gasteiger partial charge in [-0.3, -0.25) is 19.4 Å². The molecule has 2 aromatic rings. The number of aliphatic hydroxyl groups excluding tert-OH is 1. The fraction of sp³-hybridized carbons (Fsp3) is 0.529. The number of hydrogen-bond donors (Lipinski definition) is 4.